The fraction of sp³-hybridized carbons (Fsp3) is 0.412. The maximum absolute atomic E-state index is 13.6. The molecule has 26 heavy (non-hydrogen) atoms. The Hall–Kier alpha value is -2.55. The van der Waals surface area contributed by atoms with Gasteiger partial charge in [0.15, 0.2) is 29.0 Å². The molecule has 1 aromatic heterocycles. The standard InChI is InChI=1S/C17H19F3N4O2/c18-12-10-14(20)15(11-13(12)19)26-9-8-24-7-4-22-16(17(24)25)23-5-1-2-21-3-6-23/h4,7,10-11,21H,1-3,5-6,8-9H2. The summed E-state index contributed by atoms with van der Waals surface area (Å²) in [6, 6.07) is 1.07. The van der Waals surface area contributed by atoms with E-state index in [1.165, 1.54) is 17.0 Å². The predicted octanol–water partition coefficient (Wildman–Crippen LogP) is 1.54. The lowest BCUT2D eigenvalue weighted by Gasteiger charge is -2.20. The molecule has 0 bridgehead atoms. The fourth-order valence-corrected chi connectivity index (χ4v) is 2.76. The summed E-state index contributed by atoms with van der Waals surface area (Å²) < 4.78 is 46.2. The highest BCUT2D eigenvalue weighted by atomic mass is 19.2. The van der Waals surface area contributed by atoms with E-state index in [0.29, 0.717) is 24.5 Å². The van der Waals surface area contributed by atoms with E-state index in [4.69, 9.17) is 4.74 Å². The van der Waals surface area contributed by atoms with Gasteiger partial charge in [-0.2, -0.15) is 0 Å². The summed E-state index contributed by atoms with van der Waals surface area (Å²) in [5, 5.41) is 3.26. The third kappa shape index (κ3) is 4.16. The van der Waals surface area contributed by atoms with E-state index in [2.05, 4.69) is 10.3 Å². The maximum atomic E-state index is 13.6. The Labute approximate surface area is 148 Å². The van der Waals surface area contributed by atoms with Gasteiger partial charge in [0.1, 0.15) is 6.61 Å². The summed E-state index contributed by atoms with van der Waals surface area (Å²) in [7, 11) is 0. The summed E-state index contributed by atoms with van der Waals surface area (Å²) >= 11 is 0. The Kier molecular flexibility index (Phi) is 5.77. The topological polar surface area (TPSA) is 59.4 Å². The second-order valence-electron chi connectivity index (χ2n) is 5.89. The predicted molar refractivity (Wildman–Crippen MR) is 90.0 cm³/mol. The molecule has 6 nitrogen and oxygen atoms in total. The van der Waals surface area contributed by atoms with Gasteiger partial charge in [0.2, 0.25) is 0 Å². The van der Waals surface area contributed by atoms with Gasteiger partial charge in [-0.25, -0.2) is 18.2 Å². The van der Waals surface area contributed by atoms with Crippen molar-refractivity contribution >= 4 is 5.82 Å². The summed E-state index contributed by atoms with van der Waals surface area (Å²) in [5.41, 5.74) is -0.274. The van der Waals surface area contributed by atoms with E-state index >= 15 is 0 Å². The van der Waals surface area contributed by atoms with Crippen LogP contribution in [0.1, 0.15) is 6.42 Å². The SMILES string of the molecule is O=c1c(N2CCCNCC2)nccn1CCOc1cc(F)c(F)cc1F. The Morgan fingerprint density at radius 3 is 2.77 bits per heavy atom. The minimum atomic E-state index is -1.28. The van der Waals surface area contributed by atoms with Crippen molar-refractivity contribution in [1.29, 1.82) is 0 Å². The Morgan fingerprint density at radius 1 is 1.12 bits per heavy atom. The van der Waals surface area contributed by atoms with E-state index < -0.39 is 23.2 Å². The molecule has 1 saturated heterocycles. The van der Waals surface area contributed by atoms with Crippen molar-refractivity contribution in [2.75, 3.05) is 37.7 Å². The molecule has 1 aliphatic heterocycles. The molecule has 0 aliphatic carbocycles. The number of nitrogens with zero attached hydrogens (tertiary/aromatic N) is 3. The van der Waals surface area contributed by atoms with Gasteiger partial charge in [0.25, 0.3) is 5.56 Å². The highest BCUT2D eigenvalue weighted by molar-refractivity contribution is 5.35. The molecule has 0 spiro atoms. The number of ether oxygens (including phenoxy) is 1. The van der Waals surface area contributed by atoms with Crippen molar-refractivity contribution < 1.29 is 17.9 Å². The van der Waals surface area contributed by atoms with Crippen LogP contribution >= 0.6 is 0 Å². The molecule has 1 aliphatic rings. The first-order valence-electron chi connectivity index (χ1n) is 8.34. The Balaban J connectivity index is 1.68. The summed E-state index contributed by atoms with van der Waals surface area (Å²) in [6.45, 7) is 3.13. The number of nitrogens with one attached hydrogen (secondary N) is 1. The first-order valence-corrected chi connectivity index (χ1v) is 8.34. The van der Waals surface area contributed by atoms with Crippen LogP contribution in [0.2, 0.25) is 0 Å². The smallest absolute Gasteiger partial charge is 0.293 e. The van der Waals surface area contributed by atoms with E-state index in [0.717, 1.165) is 26.1 Å². The molecule has 0 atom stereocenters. The number of benzene rings is 1. The quantitative estimate of drug-likeness (QED) is 0.812. The molecule has 0 amide bonds. The number of anilines is 1. The summed E-state index contributed by atoms with van der Waals surface area (Å²) in [4.78, 5) is 18.7. The average Bonchev–Trinajstić information content (AvgIpc) is 2.90. The molecule has 2 heterocycles. The lowest BCUT2D eigenvalue weighted by atomic mass is 10.3. The average molecular weight is 368 g/mol. The van der Waals surface area contributed by atoms with Crippen LogP contribution in [0.3, 0.4) is 0 Å². The van der Waals surface area contributed by atoms with Crippen LogP contribution in [-0.2, 0) is 6.54 Å². The van der Waals surface area contributed by atoms with Crippen LogP contribution < -0.4 is 20.5 Å². The van der Waals surface area contributed by atoms with E-state index in [-0.39, 0.29) is 18.7 Å². The highest BCUT2D eigenvalue weighted by Gasteiger charge is 2.16. The van der Waals surface area contributed by atoms with Gasteiger partial charge >= 0.3 is 0 Å². The zero-order valence-electron chi connectivity index (χ0n) is 14.1. The van der Waals surface area contributed by atoms with E-state index in [9.17, 15) is 18.0 Å². The zero-order valence-corrected chi connectivity index (χ0v) is 14.1. The van der Waals surface area contributed by atoms with Crippen molar-refractivity contribution in [1.82, 2.24) is 14.9 Å². The minimum Gasteiger partial charge on any atom is -0.489 e. The summed E-state index contributed by atoms with van der Waals surface area (Å²) in [6.07, 6.45) is 3.94. The first kappa shape index (κ1) is 18.2. The van der Waals surface area contributed by atoms with Gasteiger partial charge in [-0.3, -0.25) is 4.79 Å². The molecular formula is C17H19F3N4O2. The monoisotopic (exact) mass is 368 g/mol. The number of hydrogen-bond acceptors (Lipinski definition) is 5. The molecule has 3 rings (SSSR count). The maximum Gasteiger partial charge on any atom is 0.293 e. The molecular weight excluding hydrogens is 349 g/mol. The molecule has 1 fully saturated rings. The Bertz CT molecular complexity index is 820. The number of rotatable bonds is 5. The van der Waals surface area contributed by atoms with Crippen LogP contribution in [0.15, 0.2) is 29.3 Å². The Morgan fingerprint density at radius 2 is 1.92 bits per heavy atom. The first-order chi connectivity index (χ1) is 12.6. The molecule has 1 N–H and O–H groups in total. The zero-order chi connectivity index (χ0) is 18.5. The molecule has 140 valence electrons. The van der Waals surface area contributed by atoms with E-state index in [1.54, 1.807) is 0 Å². The number of halogens is 3. The number of hydrogen-bond donors (Lipinski definition) is 1. The van der Waals surface area contributed by atoms with Crippen molar-refractivity contribution in [3.63, 3.8) is 0 Å². The fourth-order valence-electron chi connectivity index (χ4n) is 2.76. The van der Waals surface area contributed by atoms with Crippen LogP contribution in [0.5, 0.6) is 5.75 Å². The lowest BCUT2D eigenvalue weighted by molar-refractivity contribution is 0.279. The van der Waals surface area contributed by atoms with E-state index in [1.807, 2.05) is 4.90 Å². The molecule has 0 saturated carbocycles. The molecule has 1 aromatic carbocycles. The molecule has 0 radical (unpaired) electrons. The van der Waals surface area contributed by atoms with Gasteiger partial charge in [-0.05, 0) is 13.0 Å². The van der Waals surface area contributed by atoms with Crippen LogP contribution in [0, 0.1) is 17.5 Å². The van der Waals surface area contributed by atoms with Crippen molar-refractivity contribution in [2.45, 2.75) is 13.0 Å². The second-order valence-corrected chi connectivity index (χ2v) is 5.89. The van der Waals surface area contributed by atoms with Crippen LogP contribution in [0.4, 0.5) is 19.0 Å². The second kappa shape index (κ2) is 8.22. The third-order valence-corrected chi connectivity index (χ3v) is 4.10. The van der Waals surface area contributed by atoms with Crippen LogP contribution in [-0.4, -0.2) is 42.3 Å². The molecule has 0 unspecified atom stereocenters. The van der Waals surface area contributed by atoms with Gasteiger partial charge in [-0.1, -0.05) is 0 Å². The molecule has 9 heteroatoms. The van der Waals surface area contributed by atoms with Crippen LogP contribution in [0.25, 0.3) is 0 Å². The van der Waals surface area contributed by atoms with Gasteiger partial charge in [0, 0.05) is 44.2 Å². The van der Waals surface area contributed by atoms with Gasteiger partial charge in [-0.15, -0.1) is 0 Å². The largest absolute Gasteiger partial charge is 0.489 e. The van der Waals surface area contributed by atoms with Crippen molar-refractivity contribution in [3.8, 4) is 5.75 Å². The van der Waals surface area contributed by atoms with Gasteiger partial charge < -0.3 is 19.5 Å². The highest BCUT2D eigenvalue weighted by Crippen LogP contribution is 2.20. The van der Waals surface area contributed by atoms with Crippen molar-refractivity contribution in [3.05, 3.63) is 52.3 Å². The van der Waals surface area contributed by atoms with Gasteiger partial charge in [0.05, 0.1) is 6.54 Å². The minimum absolute atomic E-state index is 0.0765. The molecule has 2 aromatic rings. The summed E-state index contributed by atoms with van der Waals surface area (Å²) in [5.74, 6) is -3.51. The third-order valence-electron chi connectivity index (χ3n) is 4.10. The normalized spacial score (nSPS) is 15.0. The van der Waals surface area contributed by atoms with Crippen molar-refractivity contribution in [2.24, 2.45) is 0 Å². The number of aromatic nitrogens is 2. The lowest BCUT2D eigenvalue weighted by Crippen LogP contribution is -2.36.